The van der Waals surface area contributed by atoms with Crippen LogP contribution in [-0.4, -0.2) is 16.7 Å². The minimum Gasteiger partial charge on any atom is -0.419 e. The van der Waals surface area contributed by atoms with Crippen LogP contribution in [0.25, 0.3) is 11.5 Å². The van der Waals surface area contributed by atoms with Crippen molar-refractivity contribution in [3.63, 3.8) is 0 Å². The molecule has 4 nitrogen and oxygen atoms in total. The predicted molar refractivity (Wildman–Crippen MR) is 69.4 cm³/mol. The third kappa shape index (κ3) is 3.14. The molecule has 0 bridgehead atoms. The molecule has 0 saturated heterocycles. The summed E-state index contributed by atoms with van der Waals surface area (Å²) >= 11 is 3.46. The van der Waals surface area contributed by atoms with Crippen LogP contribution in [0, 0.1) is 0 Å². The molecule has 0 spiro atoms. The fourth-order valence-electron chi connectivity index (χ4n) is 1.44. The molecular weight excluding hydrogens is 282 g/mol. The molecular formula is C12H14BrN3O. The highest BCUT2D eigenvalue weighted by atomic mass is 79.9. The van der Waals surface area contributed by atoms with Crippen LogP contribution >= 0.6 is 15.9 Å². The van der Waals surface area contributed by atoms with Crippen LogP contribution in [0.5, 0.6) is 0 Å². The second-order valence-corrected chi connectivity index (χ2v) is 4.51. The molecule has 0 aliphatic heterocycles. The van der Waals surface area contributed by atoms with Crippen molar-refractivity contribution in [3.8, 4) is 11.5 Å². The summed E-state index contributed by atoms with van der Waals surface area (Å²) in [5.41, 5.74) is 0.918. The first-order valence-electron chi connectivity index (χ1n) is 5.59. The van der Waals surface area contributed by atoms with Crippen molar-refractivity contribution in [3.05, 3.63) is 34.6 Å². The molecule has 0 aliphatic rings. The van der Waals surface area contributed by atoms with E-state index >= 15 is 0 Å². The SMILES string of the molecule is CCCNCc1nnc(-c2ccccc2Br)o1. The van der Waals surface area contributed by atoms with Gasteiger partial charge in [-0.05, 0) is 41.0 Å². The Morgan fingerprint density at radius 2 is 2.12 bits per heavy atom. The number of benzene rings is 1. The molecule has 1 heterocycles. The van der Waals surface area contributed by atoms with Gasteiger partial charge < -0.3 is 9.73 Å². The molecule has 0 unspecified atom stereocenters. The first-order valence-corrected chi connectivity index (χ1v) is 6.38. The maximum absolute atomic E-state index is 5.58. The average Bonchev–Trinajstić information content (AvgIpc) is 2.79. The van der Waals surface area contributed by atoms with Gasteiger partial charge in [-0.25, -0.2) is 0 Å². The minimum atomic E-state index is 0.547. The molecule has 0 amide bonds. The van der Waals surface area contributed by atoms with E-state index in [1.165, 1.54) is 0 Å². The summed E-state index contributed by atoms with van der Waals surface area (Å²) in [6.07, 6.45) is 1.09. The van der Waals surface area contributed by atoms with Gasteiger partial charge in [-0.2, -0.15) is 0 Å². The van der Waals surface area contributed by atoms with Gasteiger partial charge in [-0.3, -0.25) is 0 Å². The van der Waals surface area contributed by atoms with Crippen molar-refractivity contribution in [2.75, 3.05) is 6.54 Å². The number of hydrogen-bond acceptors (Lipinski definition) is 4. The Labute approximate surface area is 109 Å². The number of aromatic nitrogens is 2. The van der Waals surface area contributed by atoms with Gasteiger partial charge in [0.25, 0.3) is 0 Å². The molecule has 0 atom stereocenters. The second-order valence-electron chi connectivity index (χ2n) is 3.66. The van der Waals surface area contributed by atoms with Gasteiger partial charge in [-0.1, -0.05) is 19.1 Å². The number of halogens is 1. The standard InChI is InChI=1S/C12H14BrN3O/c1-2-7-14-8-11-15-16-12(17-11)9-5-3-4-6-10(9)13/h3-6,14H,2,7-8H2,1H3. The molecule has 0 saturated carbocycles. The Balaban J connectivity index is 2.10. The van der Waals surface area contributed by atoms with Crippen molar-refractivity contribution in [1.82, 2.24) is 15.5 Å². The quantitative estimate of drug-likeness (QED) is 0.862. The third-order valence-electron chi connectivity index (χ3n) is 2.27. The van der Waals surface area contributed by atoms with Crippen molar-refractivity contribution in [1.29, 1.82) is 0 Å². The molecule has 2 rings (SSSR count). The molecule has 0 radical (unpaired) electrons. The van der Waals surface area contributed by atoms with Crippen LogP contribution in [0.2, 0.25) is 0 Å². The lowest BCUT2D eigenvalue weighted by molar-refractivity contribution is 0.477. The summed E-state index contributed by atoms with van der Waals surface area (Å²) in [7, 11) is 0. The molecule has 0 aliphatic carbocycles. The van der Waals surface area contributed by atoms with E-state index in [2.05, 4.69) is 38.4 Å². The van der Waals surface area contributed by atoms with E-state index in [0.29, 0.717) is 18.3 Å². The summed E-state index contributed by atoms with van der Waals surface area (Å²) in [5.74, 6) is 1.16. The Bertz CT molecular complexity index is 484. The van der Waals surface area contributed by atoms with Crippen LogP contribution in [-0.2, 0) is 6.54 Å². The van der Waals surface area contributed by atoms with Gasteiger partial charge in [0.05, 0.1) is 12.1 Å². The smallest absolute Gasteiger partial charge is 0.248 e. The highest BCUT2D eigenvalue weighted by Crippen LogP contribution is 2.26. The van der Waals surface area contributed by atoms with Gasteiger partial charge in [0, 0.05) is 4.47 Å². The van der Waals surface area contributed by atoms with Crippen LogP contribution in [0.3, 0.4) is 0 Å². The summed E-state index contributed by atoms with van der Waals surface area (Å²) < 4.78 is 6.54. The third-order valence-corrected chi connectivity index (χ3v) is 2.97. The normalized spacial score (nSPS) is 10.7. The van der Waals surface area contributed by atoms with Crippen LogP contribution in [0.15, 0.2) is 33.2 Å². The first-order chi connectivity index (χ1) is 8.31. The summed E-state index contributed by atoms with van der Waals surface area (Å²) in [5, 5.41) is 11.3. The summed E-state index contributed by atoms with van der Waals surface area (Å²) in [4.78, 5) is 0. The molecule has 90 valence electrons. The Hall–Kier alpha value is -1.20. The molecule has 17 heavy (non-hydrogen) atoms. The number of rotatable bonds is 5. The lowest BCUT2D eigenvalue weighted by Gasteiger charge is -1.98. The molecule has 1 N–H and O–H groups in total. The average molecular weight is 296 g/mol. The van der Waals surface area contributed by atoms with Crippen molar-refractivity contribution in [2.45, 2.75) is 19.9 Å². The van der Waals surface area contributed by atoms with Gasteiger partial charge >= 0.3 is 0 Å². The monoisotopic (exact) mass is 295 g/mol. The Kier molecular flexibility index (Phi) is 4.28. The largest absolute Gasteiger partial charge is 0.419 e. The lowest BCUT2D eigenvalue weighted by atomic mass is 10.2. The zero-order valence-corrected chi connectivity index (χ0v) is 11.2. The van der Waals surface area contributed by atoms with E-state index in [9.17, 15) is 0 Å². The molecule has 0 fully saturated rings. The Morgan fingerprint density at radius 1 is 1.29 bits per heavy atom. The van der Waals surface area contributed by atoms with E-state index in [1.54, 1.807) is 0 Å². The van der Waals surface area contributed by atoms with E-state index in [1.807, 2.05) is 24.3 Å². The highest BCUT2D eigenvalue weighted by molar-refractivity contribution is 9.10. The first kappa shape index (κ1) is 12.3. The predicted octanol–water partition coefficient (Wildman–Crippen LogP) is 3.00. The van der Waals surface area contributed by atoms with E-state index in [-0.39, 0.29) is 0 Å². The minimum absolute atomic E-state index is 0.547. The van der Waals surface area contributed by atoms with Gasteiger partial charge in [0.2, 0.25) is 11.8 Å². The molecule has 5 heteroatoms. The number of nitrogens with one attached hydrogen (secondary N) is 1. The zero-order valence-electron chi connectivity index (χ0n) is 9.61. The van der Waals surface area contributed by atoms with Crippen LogP contribution in [0.1, 0.15) is 19.2 Å². The van der Waals surface area contributed by atoms with E-state index in [0.717, 1.165) is 23.0 Å². The fourth-order valence-corrected chi connectivity index (χ4v) is 1.90. The maximum atomic E-state index is 5.58. The molecule has 1 aromatic heterocycles. The highest BCUT2D eigenvalue weighted by Gasteiger charge is 2.10. The van der Waals surface area contributed by atoms with Crippen LogP contribution in [0.4, 0.5) is 0 Å². The fraction of sp³-hybridized carbons (Fsp3) is 0.333. The van der Waals surface area contributed by atoms with Crippen molar-refractivity contribution < 1.29 is 4.42 Å². The summed E-state index contributed by atoms with van der Waals surface area (Å²) in [6, 6.07) is 7.79. The van der Waals surface area contributed by atoms with Crippen molar-refractivity contribution in [2.24, 2.45) is 0 Å². The van der Waals surface area contributed by atoms with Crippen molar-refractivity contribution >= 4 is 15.9 Å². The molecule has 1 aromatic carbocycles. The second kappa shape index (κ2) is 5.93. The summed E-state index contributed by atoms with van der Waals surface area (Å²) in [6.45, 7) is 3.69. The van der Waals surface area contributed by atoms with Gasteiger partial charge in [0.15, 0.2) is 0 Å². The van der Waals surface area contributed by atoms with E-state index < -0.39 is 0 Å². The maximum Gasteiger partial charge on any atom is 0.248 e. The number of hydrogen-bond donors (Lipinski definition) is 1. The van der Waals surface area contributed by atoms with Gasteiger partial charge in [0.1, 0.15) is 0 Å². The van der Waals surface area contributed by atoms with Gasteiger partial charge in [-0.15, -0.1) is 10.2 Å². The Morgan fingerprint density at radius 3 is 2.88 bits per heavy atom. The van der Waals surface area contributed by atoms with E-state index in [4.69, 9.17) is 4.42 Å². The zero-order chi connectivity index (χ0) is 12.1. The topological polar surface area (TPSA) is 51.0 Å². The number of nitrogens with zero attached hydrogens (tertiary/aromatic N) is 2. The van der Waals surface area contributed by atoms with Crippen LogP contribution < -0.4 is 5.32 Å². The lowest BCUT2D eigenvalue weighted by Crippen LogP contribution is -2.13. The molecule has 2 aromatic rings.